The van der Waals surface area contributed by atoms with Gasteiger partial charge in [0.05, 0.1) is 15.8 Å². The second-order valence-electron chi connectivity index (χ2n) is 10.1. The number of carbonyl (C=O) groups is 1. The highest BCUT2D eigenvalue weighted by molar-refractivity contribution is 9.10. The quantitative estimate of drug-likeness (QED) is 0.218. The lowest BCUT2D eigenvalue weighted by Crippen LogP contribution is -2.50. The normalized spacial score (nSPS) is 40.4. The highest BCUT2D eigenvalue weighted by Gasteiger charge is 2.49. The Morgan fingerprint density at radius 3 is 1.65 bits per heavy atom. The van der Waals surface area contributed by atoms with Crippen molar-refractivity contribution in [2.24, 2.45) is 17.3 Å². The zero-order valence-corrected chi connectivity index (χ0v) is 25.0. The fraction of sp³-hybridized carbons (Fsp3) is 0.957. The molecule has 3 fully saturated rings. The topological polar surface area (TPSA) is 44.8 Å². The molecule has 0 aromatic heterocycles. The zero-order chi connectivity index (χ0) is 22.8. The van der Waals surface area contributed by atoms with E-state index in [1.54, 1.807) is 7.11 Å². The third kappa shape index (κ3) is 6.64. The van der Waals surface area contributed by atoms with Crippen molar-refractivity contribution in [3.63, 3.8) is 0 Å². The van der Waals surface area contributed by atoms with Gasteiger partial charge in [-0.25, -0.2) is 4.79 Å². The number of hydrogen-bond donors (Lipinski definition) is 0. The SMILES string of the molecule is COC1C(Br)CC(C(C)(C)C2CC(Br)C(OC(=O)OC3CCCCC3)C(Br)C2)CC1Br. The Balaban J connectivity index is 1.57. The van der Waals surface area contributed by atoms with Gasteiger partial charge >= 0.3 is 6.16 Å². The Kier molecular flexibility index (Phi) is 10.1. The molecule has 0 N–H and O–H groups in total. The van der Waals surface area contributed by atoms with Crippen molar-refractivity contribution in [2.75, 3.05) is 7.11 Å². The van der Waals surface area contributed by atoms with E-state index >= 15 is 0 Å². The monoisotopic (exact) mass is 692 g/mol. The summed E-state index contributed by atoms with van der Waals surface area (Å²) in [5, 5.41) is 0. The van der Waals surface area contributed by atoms with Gasteiger partial charge in [0.2, 0.25) is 0 Å². The van der Waals surface area contributed by atoms with Crippen LogP contribution in [0.5, 0.6) is 0 Å². The molecule has 3 aliphatic carbocycles. The minimum atomic E-state index is -0.509. The van der Waals surface area contributed by atoms with Gasteiger partial charge in [-0.15, -0.1) is 0 Å². The van der Waals surface area contributed by atoms with Gasteiger partial charge in [-0.05, 0) is 68.6 Å². The molecule has 3 saturated carbocycles. The summed E-state index contributed by atoms with van der Waals surface area (Å²) >= 11 is 15.4. The number of carbonyl (C=O) groups excluding carboxylic acids is 1. The second-order valence-corrected chi connectivity index (χ2v) is 14.8. The van der Waals surface area contributed by atoms with Gasteiger partial charge < -0.3 is 14.2 Å². The Morgan fingerprint density at radius 2 is 1.19 bits per heavy atom. The van der Waals surface area contributed by atoms with E-state index in [2.05, 4.69) is 77.6 Å². The third-order valence-corrected chi connectivity index (χ3v) is 11.5. The fourth-order valence-electron chi connectivity index (χ4n) is 5.72. The predicted octanol–water partition coefficient (Wildman–Crippen LogP) is 7.76. The number of methoxy groups -OCH3 is 1. The Hall–Kier alpha value is 1.15. The molecule has 0 radical (unpaired) electrons. The maximum Gasteiger partial charge on any atom is 0.508 e. The molecule has 0 spiro atoms. The zero-order valence-electron chi connectivity index (χ0n) is 18.7. The van der Waals surface area contributed by atoms with Crippen molar-refractivity contribution in [2.45, 2.75) is 109 Å². The number of hydrogen-bond acceptors (Lipinski definition) is 4. The predicted molar refractivity (Wildman–Crippen MR) is 139 cm³/mol. The van der Waals surface area contributed by atoms with Crippen molar-refractivity contribution in [1.29, 1.82) is 0 Å². The molecule has 0 amide bonds. The van der Waals surface area contributed by atoms with Crippen LogP contribution in [0.1, 0.15) is 71.6 Å². The van der Waals surface area contributed by atoms with Crippen LogP contribution in [0.25, 0.3) is 0 Å². The number of rotatable bonds is 5. The molecular weight excluding hydrogens is 660 g/mol. The number of ether oxygens (including phenoxy) is 3. The summed E-state index contributed by atoms with van der Waals surface area (Å²) in [5.41, 5.74) is 0.169. The van der Waals surface area contributed by atoms with Crippen LogP contribution in [0.4, 0.5) is 4.79 Å². The molecule has 0 aliphatic heterocycles. The van der Waals surface area contributed by atoms with Crippen LogP contribution < -0.4 is 0 Å². The second kappa shape index (κ2) is 11.7. The molecule has 180 valence electrons. The van der Waals surface area contributed by atoms with Crippen molar-refractivity contribution in [3.05, 3.63) is 0 Å². The molecule has 3 aliphatic rings. The summed E-state index contributed by atoms with van der Waals surface area (Å²) in [6.45, 7) is 4.82. The van der Waals surface area contributed by atoms with E-state index < -0.39 is 6.16 Å². The van der Waals surface area contributed by atoms with Crippen LogP contribution in [-0.4, -0.2) is 50.9 Å². The highest BCUT2D eigenvalue weighted by Crippen LogP contribution is 2.52. The average molecular weight is 696 g/mol. The van der Waals surface area contributed by atoms with Gasteiger partial charge in [0.15, 0.2) is 0 Å². The van der Waals surface area contributed by atoms with Gasteiger partial charge in [0.25, 0.3) is 0 Å². The number of alkyl halides is 4. The molecule has 0 bridgehead atoms. The van der Waals surface area contributed by atoms with E-state index in [0.29, 0.717) is 21.5 Å². The number of halogens is 4. The lowest BCUT2D eigenvalue weighted by molar-refractivity contribution is -0.0309. The average Bonchev–Trinajstić information content (AvgIpc) is 2.71. The fourth-order valence-corrected chi connectivity index (χ4v) is 10.5. The van der Waals surface area contributed by atoms with E-state index in [9.17, 15) is 4.79 Å². The highest BCUT2D eigenvalue weighted by atomic mass is 79.9. The van der Waals surface area contributed by atoms with E-state index in [-0.39, 0.29) is 33.4 Å². The first-order valence-electron chi connectivity index (χ1n) is 11.6. The summed E-state index contributed by atoms with van der Waals surface area (Å²) in [4.78, 5) is 13.4. The van der Waals surface area contributed by atoms with Crippen molar-refractivity contribution in [1.82, 2.24) is 0 Å². The molecule has 31 heavy (non-hydrogen) atoms. The van der Waals surface area contributed by atoms with Crippen LogP contribution >= 0.6 is 63.7 Å². The first-order valence-corrected chi connectivity index (χ1v) is 15.3. The first kappa shape index (κ1) is 26.7. The lowest BCUT2D eigenvalue weighted by atomic mass is 9.60. The molecule has 4 atom stereocenters. The summed E-state index contributed by atoms with van der Waals surface area (Å²) in [6.07, 6.45) is 9.13. The van der Waals surface area contributed by atoms with Gasteiger partial charge in [-0.1, -0.05) is 84.0 Å². The van der Waals surface area contributed by atoms with Crippen molar-refractivity contribution >= 4 is 69.9 Å². The summed E-state index contributed by atoms with van der Waals surface area (Å²) in [7, 11) is 1.80. The van der Waals surface area contributed by atoms with Gasteiger partial charge in [-0.3, -0.25) is 0 Å². The van der Waals surface area contributed by atoms with Gasteiger partial charge in [0.1, 0.15) is 12.2 Å². The Morgan fingerprint density at radius 1 is 0.742 bits per heavy atom. The standard InChI is InChI=1S/C23H36Br4O4/c1-23(2,13-9-16(24)20(29-3)17(25)10-13)14-11-18(26)21(19(27)12-14)31-22(28)30-15-7-5-4-6-8-15/h13-21H,4-12H2,1-3H3. The van der Waals surface area contributed by atoms with Crippen LogP contribution in [0.15, 0.2) is 0 Å². The smallest absolute Gasteiger partial charge is 0.431 e. The first-order chi connectivity index (χ1) is 14.6. The minimum absolute atomic E-state index is 0.0238. The Bertz CT molecular complexity index is 574. The molecule has 0 heterocycles. The molecule has 0 aromatic rings. The third-order valence-electron chi connectivity index (χ3n) is 7.89. The van der Waals surface area contributed by atoms with E-state index in [1.807, 2.05) is 0 Å². The maximum absolute atomic E-state index is 12.4. The van der Waals surface area contributed by atoms with Crippen LogP contribution in [0.3, 0.4) is 0 Å². The van der Waals surface area contributed by atoms with Crippen molar-refractivity contribution < 1.29 is 19.0 Å². The maximum atomic E-state index is 12.4. The van der Waals surface area contributed by atoms with Crippen LogP contribution in [0.2, 0.25) is 0 Å². The molecule has 4 unspecified atom stereocenters. The minimum Gasteiger partial charge on any atom is -0.431 e. The molecule has 0 aromatic carbocycles. The molecule has 4 nitrogen and oxygen atoms in total. The lowest BCUT2D eigenvalue weighted by Gasteiger charge is -2.50. The van der Waals surface area contributed by atoms with Crippen molar-refractivity contribution in [3.8, 4) is 0 Å². The summed E-state index contributed by atoms with van der Waals surface area (Å²) in [6, 6.07) is 0. The summed E-state index contributed by atoms with van der Waals surface area (Å²) in [5.74, 6) is 1.12. The Labute approximate surface area is 221 Å². The van der Waals surface area contributed by atoms with E-state index in [4.69, 9.17) is 14.2 Å². The molecule has 3 rings (SSSR count). The van der Waals surface area contributed by atoms with Crippen LogP contribution in [-0.2, 0) is 14.2 Å². The van der Waals surface area contributed by atoms with Gasteiger partial charge in [0, 0.05) is 16.8 Å². The van der Waals surface area contributed by atoms with E-state index in [1.165, 1.54) is 6.42 Å². The molecular formula is C23H36Br4O4. The molecule has 0 saturated heterocycles. The van der Waals surface area contributed by atoms with Gasteiger partial charge in [-0.2, -0.15) is 0 Å². The van der Waals surface area contributed by atoms with E-state index in [0.717, 1.165) is 51.4 Å². The molecule has 8 heteroatoms. The largest absolute Gasteiger partial charge is 0.508 e. The summed E-state index contributed by atoms with van der Waals surface area (Å²) < 4.78 is 17.1. The van der Waals surface area contributed by atoms with Crippen LogP contribution in [0, 0.1) is 17.3 Å².